The van der Waals surface area contributed by atoms with E-state index in [4.69, 9.17) is 0 Å². The number of hydrogen-bond donors (Lipinski definition) is 2. The summed E-state index contributed by atoms with van der Waals surface area (Å²) >= 11 is 0. The molecule has 0 spiro atoms. The fraction of sp³-hybridized carbons (Fsp3) is 0.867. The normalized spacial score (nSPS) is 42.8. The van der Waals surface area contributed by atoms with Crippen LogP contribution in [0.1, 0.15) is 106 Å². The Bertz CT molecular complexity index is 693. The van der Waals surface area contributed by atoms with Gasteiger partial charge in [0.15, 0.2) is 0 Å². The maximum absolute atomic E-state index is 11.2. The summed E-state index contributed by atoms with van der Waals surface area (Å²) in [4.78, 5) is 0. The summed E-state index contributed by atoms with van der Waals surface area (Å²) in [7, 11) is 0. The largest absolute Gasteiger partial charge is 0.393 e. The van der Waals surface area contributed by atoms with Gasteiger partial charge in [-0.25, -0.2) is 0 Å². The summed E-state index contributed by atoms with van der Waals surface area (Å²) in [5, 5.41) is 21.4. The van der Waals surface area contributed by atoms with Gasteiger partial charge in [0.05, 0.1) is 12.2 Å². The molecule has 2 nitrogen and oxygen atoms in total. The zero-order valence-electron chi connectivity index (χ0n) is 22.2. The molecule has 2 heteroatoms. The molecule has 0 radical (unpaired) electrons. The van der Waals surface area contributed by atoms with E-state index in [1.807, 2.05) is 0 Å². The first kappa shape index (κ1) is 26.0. The second-order valence-corrected chi connectivity index (χ2v) is 12.6. The lowest BCUT2D eigenvalue weighted by atomic mass is 9.49. The summed E-state index contributed by atoms with van der Waals surface area (Å²) in [6, 6.07) is 0. The van der Waals surface area contributed by atoms with E-state index < -0.39 is 0 Å². The molecule has 3 aliphatic rings. The molecule has 4 unspecified atom stereocenters. The number of fused-ring (bicyclic) bond motifs is 1. The Morgan fingerprint density at radius 3 is 2.34 bits per heavy atom. The summed E-state index contributed by atoms with van der Waals surface area (Å²) in [5.41, 5.74) is 3.22. The van der Waals surface area contributed by atoms with Crippen molar-refractivity contribution in [2.24, 2.45) is 46.3 Å². The molecule has 0 amide bonds. The predicted molar refractivity (Wildman–Crippen MR) is 136 cm³/mol. The SMILES string of the molecule is C=C1C[C@@H](O)CC[C@]1(C)C1CC[C@@]2(C)C(CCC2[C@H](C)[C@H](O)C/C(=C/C)C(C)C)C1CC. The Hall–Kier alpha value is -0.600. The first-order valence-corrected chi connectivity index (χ1v) is 13.7. The molecule has 0 heterocycles. The van der Waals surface area contributed by atoms with Gasteiger partial charge < -0.3 is 10.2 Å². The molecule has 0 bridgehead atoms. The molecule has 184 valence electrons. The minimum absolute atomic E-state index is 0.183. The van der Waals surface area contributed by atoms with Crippen molar-refractivity contribution in [2.75, 3.05) is 0 Å². The van der Waals surface area contributed by atoms with E-state index in [1.54, 1.807) is 0 Å². The predicted octanol–water partition coefficient (Wildman–Crippen LogP) is 7.55. The third-order valence-corrected chi connectivity index (χ3v) is 10.9. The number of aliphatic hydroxyl groups excluding tert-OH is 2. The fourth-order valence-electron chi connectivity index (χ4n) is 8.64. The van der Waals surface area contributed by atoms with Crippen molar-refractivity contribution >= 4 is 0 Å². The van der Waals surface area contributed by atoms with Crippen LogP contribution in [0.15, 0.2) is 23.8 Å². The lowest BCUT2D eigenvalue weighted by Gasteiger charge is -2.56. The average molecular weight is 445 g/mol. The van der Waals surface area contributed by atoms with Gasteiger partial charge in [-0.1, -0.05) is 71.8 Å². The minimum Gasteiger partial charge on any atom is -0.393 e. The molecule has 9 atom stereocenters. The van der Waals surface area contributed by atoms with Gasteiger partial charge >= 0.3 is 0 Å². The molecule has 0 saturated heterocycles. The first-order chi connectivity index (χ1) is 15.0. The number of aliphatic hydroxyl groups is 2. The summed E-state index contributed by atoms with van der Waals surface area (Å²) in [5.74, 6) is 3.67. The van der Waals surface area contributed by atoms with Crippen LogP contribution in [0, 0.1) is 46.3 Å². The zero-order chi connectivity index (χ0) is 23.8. The van der Waals surface area contributed by atoms with Crippen LogP contribution in [0.5, 0.6) is 0 Å². The average Bonchev–Trinajstić information content (AvgIpc) is 3.10. The van der Waals surface area contributed by atoms with Gasteiger partial charge in [-0.3, -0.25) is 0 Å². The first-order valence-electron chi connectivity index (χ1n) is 13.7. The maximum Gasteiger partial charge on any atom is 0.0605 e. The van der Waals surface area contributed by atoms with Crippen LogP contribution in [-0.4, -0.2) is 22.4 Å². The number of rotatable bonds is 7. The van der Waals surface area contributed by atoms with Crippen molar-refractivity contribution in [1.82, 2.24) is 0 Å². The minimum atomic E-state index is -0.237. The molecule has 3 rings (SSSR count). The molecule has 0 aromatic heterocycles. The second kappa shape index (κ2) is 9.95. The number of hydrogen-bond acceptors (Lipinski definition) is 2. The van der Waals surface area contributed by atoms with Crippen LogP contribution in [0.4, 0.5) is 0 Å². The monoisotopic (exact) mass is 444 g/mol. The topological polar surface area (TPSA) is 40.5 Å². The number of allylic oxidation sites excluding steroid dienone is 1. The molecular formula is C30H52O2. The molecule has 32 heavy (non-hydrogen) atoms. The highest BCUT2D eigenvalue weighted by Gasteiger charge is 2.58. The van der Waals surface area contributed by atoms with Gasteiger partial charge in [0.25, 0.3) is 0 Å². The van der Waals surface area contributed by atoms with Crippen molar-refractivity contribution in [2.45, 2.75) is 118 Å². The maximum atomic E-state index is 11.2. The van der Waals surface area contributed by atoms with Crippen LogP contribution in [0.25, 0.3) is 0 Å². The Kier molecular flexibility index (Phi) is 8.08. The summed E-state index contributed by atoms with van der Waals surface area (Å²) in [6.45, 7) is 20.8. The lowest BCUT2D eigenvalue weighted by molar-refractivity contribution is -0.0632. The smallest absolute Gasteiger partial charge is 0.0605 e. The van der Waals surface area contributed by atoms with E-state index in [0.29, 0.717) is 29.1 Å². The van der Waals surface area contributed by atoms with Gasteiger partial charge in [0, 0.05) is 0 Å². The van der Waals surface area contributed by atoms with Crippen LogP contribution < -0.4 is 0 Å². The molecule has 2 N–H and O–H groups in total. The van der Waals surface area contributed by atoms with Crippen molar-refractivity contribution in [1.29, 1.82) is 0 Å². The van der Waals surface area contributed by atoms with Crippen LogP contribution >= 0.6 is 0 Å². The highest BCUT2D eigenvalue weighted by molar-refractivity contribution is 5.18. The van der Waals surface area contributed by atoms with E-state index in [0.717, 1.165) is 37.5 Å². The third kappa shape index (κ3) is 4.52. The van der Waals surface area contributed by atoms with Gasteiger partial charge in [-0.05, 0) is 105 Å². The summed E-state index contributed by atoms with van der Waals surface area (Å²) < 4.78 is 0. The highest BCUT2D eigenvalue weighted by atomic mass is 16.3. The second-order valence-electron chi connectivity index (χ2n) is 12.6. The van der Waals surface area contributed by atoms with Gasteiger partial charge in [0.1, 0.15) is 0 Å². The van der Waals surface area contributed by atoms with Crippen LogP contribution in [-0.2, 0) is 0 Å². The van der Waals surface area contributed by atoms with E-state index >= 15 is 0 Å². The van der Waals surface area contributed by atoms with E-state index in [2.05, 4.69) is 61.1 Å². The zero-order valence-corrected chi connectivity index (χ0v) is 22.2. The molecule has 3 saturated carbocycles. The van der Waals surface area contributed by atoms with Crippen molar-refractivity contribution in [3.8, 4) is 0 Å². The van der Waals surface area contributed by atoms with Gasteiger partial charge in [0.2, 0.25) is 0 Å². The van der Waals surface area contributed by atoms with Gasteiger partial charge in [-0.15, -0.1) is 0 Å². The lowest BCUT2D eigenvalue weighted by Crippen LogP contribution is -2.49. The molecular weight excluding hydrogens is 392 g/mol. The van der Waals surface area contributed by atoms with E-state index in [1.165, 1.54) is 43.3 Å². The molecule has 0 aliphatic heterocycles. The van der Waals surface area contributed by atoms with Crippen LogP contribution in [0.2, 0.25) is 0 Å². The van der Waals surface area contributed by atoms with Crippen LogP contribution in [0.3, 0.4) is 0 Å². The van der Waals surface area contributed by atoms with Crippen molar-refractivity contribution < 1.29 is 10.2 Å². The Morgan fingerprint density at radius 1 is 1.09 bits per heavy atom. The molecule has 0 aromatic carbocycles. The quantitative estimate of drug-likeness (QED) is 0.398. The van der Waals surface area contributed by atoms with E-state index in [-0.39, 0.29) is 17.6 Å². The Labute approximate surface area is 199 Å². The fourth-order valence-corrected chi connectivity index (χ4v) is 8.64. The van der Waals surface area contributed by atoms with Crippen molar-refractivity contribution in [3.63, 3.8) is 0 Å². The molecule has 3 aliphatic carbocycles. The van der Waals surface area contributed by atoms with E-state index in [9.17, 15) is 10.2 Å². The third-order valence-electron chi connectivity index (χ3n) is 10.9. The summed E-state index contributed by atoms with van der Waals surface area (Å²) in [6.07, 6.45) is 11.8. The molecule has 0 aromatic rings. The molecule has 3 fully saturated rings. The standard InChI is InChI=1S/C30H52O2/c1-9-22(19(3)4)18-28(32)21(6)25-11-12-26-24(10-2)27(14-16-30(25,26)8)29(7)15-13-23(31)17-20(29)5/h9,19,21,23-28,31-32H,5,10-18H2,1-4,6-8H3/b22-9-/t21-,23-,24?,25?,26?,27?,28+,29-,30+/m0/s1. The van der Waals surface area contributed by atoms with Crippen molar-refractivity contribution in [3.05, 3.63) is 23.8 Å². The van der Waals surface area contributed by atoms with Gasteiger partial charge in [-0.2, -0.15) is 0 Å². The Balaban J connectivity index is 1.78. The Morgan fingerprint density at radius 2 is 1.78 bits per heavy atom. The highest BCUT2D eigenvalue weighted by Crippen LogP contribution is 2.65.